The van der Waals surface area contributed by atoms with Crippen LogP contribution in [0.3, 0.4) is 0 Å². The molecule has 7 nitrogen and oxygen atoms in total. The first-order valence-corrected chi connectivity index (χ1v) is 10.9. The molecular formula is C23H33N4O3+. The number of nitrogens with zero attached hydrogens (tertiary/aromatic N) is 1. The quantitative estimate of drug-likeness (QED) is 0.426. The van der Waals surface area contributed by atoms with Crippen molar-refractivity contribution in [3.63, 3.8) is 0 Å². The maximum atomic E-state index is 12.2. The molecule has 0 bridgehead atoms. The van der Waals surface area contributed by atoms with Gasteiger partial charge in [0.15, 0.2) is 11.8 Å². The highest BCUT2D eigenvalue weighted by molar-refractivity contribution is 6.35. The summed E-state index contributed by atoms with van der Waals surface area (Å²) in [5, 5.41) is 5.50. The standard InChI is InChI=1S/C23H32N4O3/c1-2-3-7-12-24-22(28)23(29)25-18-20(21-11-8-17-30-21)27-15-13-26(14-16-27)19-9-5-4-6-10-19/h4-6,8-11,17,20H,2-3,7,12-16,18H2,1H3,(H,24,28)(H,25,29)/p+1/t20-/m1/s1. The minimum atomic E-state index is -0.578. The molecule has 0 spiro atoms. The van der Waals surface area contributed by atoms with Crippen molar-refractivity contribution in [2.24, 2.45) is 0 Å². The molecule has 0 unspecified atom stereocenters. The fraction of sp³-hybridized carbons (Fsp3) is 0.478. The summed E-state index contributed by atoms with van der Waals surface area (Å²) in [6.45, 7) is 6.73. The number of para-hydroxylation sites is 1. The number of benzene rings is 1. The van der Waals surface area contributed by atoms with Crippen LogP contribution in [0.25, 0.3) is 0 Å². The second-order valence-electron chi connectivity index (χ2n) is 7.72. The third-order valence-electron chi connectivity index (χ3n) is 5.65. The SMILES string of the molecule is CCCCCNC(=O)C(=O)NC[C@H](c1ccco1)[NH+]1CCN(c2ccccc2)CC1. The maximum absolute atomic E-state index is 12.2. The van der Waals surface area contributed by atoms with Crippen molar-refractivity contribution < 1.29 is 18.9 Å². The number of unbranched alkanes of at least 4 members (excludes halogenated alkanes) is 2. The summed E-state index contributed by atoms with van der Waals surface area (Å²) in [7, 11) is 0. The van der Waals surface area contributed by atoms with E-state index in [0.29, 0.717) is 13.1 Å². The Balaban J connectivity index is 1.53. The molecule has 2 amide bonds. The number of hydrogen-bond acceptors (Lipinski definition) is 4. The van der Waals surface area contributed by atoms with Crippen molar-refractivity contribution >= 4 is 17.5 Å². The highest BCUT2D eigenvalue weighted by atomic mass is 16.3. The lowest BCUT2D eigenvalue weighted by molar-refractivity contribution is -0.932. The summed E-state index contributed by atoms with van der Waals surface area (Å²) in [5.41, 5.74) is 1.24. The molecule has 2 aromatic rings. The zero-order valence-electron chi connectivity index (χ0n) is 17.7. The molecule has 3 rings (SSSR count). The van der Waals surface area contributed by atoms with Gasteiger partial charge in [0.1, 0.15) is 0 Å². The highest BCUT2D eigenvalue weighted by Gasteiger charge is 2.31. The molecule has 1 aliphatic heterocycles. The first-order valence-electron chi connectivity index (χ1n) is 10.9. The lowest BCUT2D eigenvalue weighted by Gasteiger charge is -2.37. The van der Waals surface area contributed by atoms with Gasteiger partial charge in [-0.25, -0.2) is 0 Å². The molecular weight excluding hydrogens is 380 g/mol. The fourth-order valence-corrected chi connectivity index (χ4v) is 3.91. The van der Waals surface area contributed by atoms with Crippen molar-refractivity contribution in [1.82, 2.24) is 10.6 Å². The number of carbonyl (C=O) groups is 2. The van der Waals surface area contributed by atoms with Gasteiger partial charge in [-0.2, -0.15) is 0 Å². The zero-order valence-corrected chi connectivity index (χ0v) is 17.7. The van der Waals surface area contributed by atoms with Crippen molar-refractivity contribution in [2.75, 3.05) is 44.2 Å². The van der Waals surface area contributed by atoms with Gasteiger partial charge in [0.2, 0.25) is 0 Å². The Morgan fingerprint density at radius 3 is 2.43 bits per heavy atom. The predicted octanol–water partition coefficient (Wildman–Crippen LogP) is 1.15. The van der Waals surface area contributed by atoms with Gasteiger partial charge in [-0.3, -0.25) is 9.59 Å². The van der Waals surface area contributed by atoms with Gasteiger partial charge < -0.3 is 24.9 Å². The lowest BCUT2D eigenvalue weighted by Crippen LogP contribution is -3.15. The smallest absolute Gasteiger partial charge is 0.309 e. The van der Waals surface area contributed by atoms with Gasteiger partial charge in [-0.15, -0.1) is 0 Å². The van der Waals surface area contributed by atoms with Crippen LogP contribution in [0.4, 0.5) is 5.69 Å². The lowest BCUT2D eigenvalue weighted by atomic mass is 10.1. The molecule has 30 heavy (non-hydrogen) atoms. The van der Waals surface area contributed by atoms with E-state index in [1.54, 1.807) is 6.26 Å². The number of anilines is 1. The zero-order chi connectivity index (χ0) is 21.2. The number of rotatable bonds is 9. The molecule has 1 saturated heterocycles. The van der Waals surface area contributed by atoms with Crippen LogP contribution in [0.1, 0.15) is 38.0 Å². The van der Waals surface area contributed by atoms with E-state index in [-0.39, 0.29) is 6.04 Å². The van der Waals surface area contributed by atoms with E-state index < -0.39 is 11.8 Å². The van der Waals surface area contributed by atoms with Crippen LogP contribution in [0.15, 0.2) is 53.1 Å². The first-order chi connectivity index (χ1) is 14.7. The van der Waals surface area contributed by atoms with Crippen molar-refractivity contribution in [1.29, 1.82) is 0 Å². The molecule has 162 valence electrons. The number of carbonyl (C=O) groups excluding carboxylic acids is 2. The molecule has 0 radical (unpaired) electrons. The first kappa shape index (κ1) is 21.9. The number of hydrogen-bond donors (Lipinski definition) is 3. The minimum Gasteiger partial charge on any atom is -0.463 e. The Morgan fingerprint density at radius 2 is 1.77 bits per heavy atom. The van der Waals surface area contributed by atoms with Gasteiger partial charge >= 0.3 is 11.8 Å². The third-order valence-corrected chi connectivity index (χ3v) is 5.65. The third kappa shape index (κ3) is 6.10. The summed E-state index contributed by atoms with van der Waals surface area (Å²) in [6, 6.07) is 14.2. The molecule has 1 fully saturated rings. The van der Waals surface area contributed by atoms with Crippen LogP contribution in [0.5, 0.6) is 0 Å². The molecule has 1 aromatic carbocycles. The minimum absolute atomic E-state index is 0.0187. The van der Waals surface area contributed by atoms with E-state index in [0.717, 1.165) is 51.2 Å². The van der Waals surface area contributed by atoms with Crippen LogP contribution in [-0.2, 0) is 9.59 Å². The van der Waals surface area contributed by atoms with Gasteiger partial charge in [-0.1, -0.05) is 38.0 Å². The Kier molecular flexibility index (Phi) is 8.32. The fourth-order valence-electron chi connectivity index (χ4n) is 3.91. The van der Waals surface area contributed by atoms with Crippen LogP contribution in [0.2, 0.25) is 0 Å². The number of nitrogens with one attached hydrogen (secondary N) is 3. The summed E-state index contributed by atoms with van der Waals surface area (Å²) in [4.78, 5) is 28.0. The van der Waals surface area contributed by atoms with Gasteiger partial charge in [0.05, 0.1) is 39.0 Å². The monoisotopic (exact) mass is 413 g/mol. The molecule has 7 heteroatoms. The average Bonchev–Trinajstić information content (AvgIpc) is 3.32. The topological polar surface area (TPSA) is 79.0 Å². The molecule has 1 atom stereocenters. The van der Waals surface area contributed by atoms with E-state index in [1.807, 2.05) is 18.2 Å². The van der Waals surface area contributed by atoms with E-state index in [4.69, 9.17) is 4.42 Å². The Hall–Kier alpha value is -2.80. The van der Waals surface area contributed by atoms with Gasteiger partial charge in [0.25, 0.3) is 0 Å². The summed E-state index contributed by atoms with van der Waals surface area (Å²) in [6.07, 6.45) is 4.67. The molecule has 1 aliphatic rings. The Labute approximate surface area is 178 Å². The van der Waals surface area contributed by atoms with Gasteiger partial charge in [-0.05, 0) is 30.7 Å². The molecule has 1 aromatic heterocycles. The van der Waals surface area contributed by atoms with Crippen LogP contribution >= 0.6 is 0 Å². The average molecular weight is 414 g/mol. The molecule has 3 N–H and O–H groups in total. The van der Waals surface area contributed by atoms with Crippen LogP contribution < -0.4 is 20.4 Å². The normalized spacial score (nSPS) is 15.6. The van der Waals surface area contributed by atoms with Crippen LogP contribution in [0, 0.1) is 0 Å². The van der Waals surface area contributed by atoms with E-state index in [1.165, 1.54) is 10.6 Å². The summed E-state index contributed by atoms with van der Waals surface area (Å²) >= 11 is 0. The van der Waals surface area contributed by atoms with Crippen molar-refractivity contribution in [2.45, 2.75) is 32.2 Å². The Bertz CT molecular complexity index is 771. The molecule has 0 aliphatic carbocycles. The number of amides is 2. The summed E-state index contributed by atoms with van der Waals surface area (Å²) < 4.78 is 5.66. The predicted molar refractivity (Wildman–Crippen MR) is 116 cm³/mol. The summed E-state index contributed by atoms with van der Waals surface area (Å²) in [5.74, 6) is -0.305. The maximum Gasteiger partial charge on any atom is 0.309 e. The highest BCUT2D eigenvalue weighted by Crippen LogP contribution is 2.14. The largest absolute Gasteiger partial charge is 0.463 e. The second-order valence-corrected chi connectivity index (χ2v) is 7.72. The van der Waals surface area contributed by atoms with Crippen molar-refractivity contribution in [3.8, 4) is 0 Å². The van der Waals surface area contributed by atoms with Crippen LogP contribution in [-0.4, -0.2) is 51.1 Å². The Morgan fingerprint density at radius 1 is 1.03 bits per heavy atom. The van der Waals surface area contributed by atoms with E-state index in [9.17, 15) is 9.59 Å². The number of furan rings is 1. The van der Waals surface area contributed by atoms with E-state index in [2.05, 4.69) is 46.7 Å². The second kappa shape index (κ2) is 11.4. The number of quaternary nitrogens is 1. The molecule has 2 heterocycles. The number of piperazine rings is 1. The van der Waals surface area contributed by atoms with Crippen molar-refractivity contribution in [3.05, 3.63) is 54.5 Å². The van der Waals surface area contributed by atoms with E-state index >= 15 is 0 Å². The van der Waals surface area contributed by atoms with Gasteiger partial charge in [0, 0.05) is 12.2 Å². The molecule has 0 saturated carbocycles.